The standard InChI is InChI=1S/C23H24N4O5S/c1-14-11-17(15(2)27(14)18-5-3-16(4-6-18)21(24)29)12-19-22(30)26(23(31)33-19)13-20(28)25-7-9-32-10-8-25/h3-6,11-12H,7-10,13H2,1-2H3,(H2,24,29)/b19-12+. The normalized spacial score (nSPS) is 17.8. The second-order valence-corrected chi connectivity index (χ2v) is 8.83. The quantitative estimate of drug-likeness (QED) is 0.672. The summed E-state index contributed by atoms with van der Waals surface area (Å²) >= 11 is 0.833. The van der Waals surface area contributed by atoms with Gasteiger partial charge in [0.15, 0.2) is 0 Å². The minimum Gasteiger partial charge on any atom is -0.378 e. The number of rotatable bonds is 5. The minimum absolute atomic E-state index is 0.264. The van der Waals surface area contributed by atoms with Crippen LogP contribution in [0.4, 0.5) is 4.79 Å². The van der Waals surface area contributed by atoms with Crippen molar-refractivity contribution in [1.82, 2.24) is 14.4 Å². The number of nitrogens with two attached hydrogens (primary N) is 1. The topological polar surface area (TPSA) is 115 Å². The highest BCUT2D eigenvalue weighted by atomic mass is 32.2. The Morgan fingerprint density at radius 2 is 1.79 bits per heavy atom. The molecular weight excluding hydrogens is 444 g/mol. The van der Waals surface area contributed by atoms with Crippen molar-refractivity contribution in [3.63, 3.8) is 0 Å². The van der Waals surface area contributed by atoms with Crippen molar-refractivity contribution < 1.29 is 23.9 Å². The van der Waals surface area contributed by atoms with Crippen molar-refractivity contribution in [3.8, 4) is 5.69 Å². The van der Waals surface area contributed by atoms with Crippen LogP contribution in [0.2, 0.25) is 0 Å². The highest BCUT2D eigenvalue weighted by Gasteiger charge is 2.37. The second kappa shape index (κ2) is 9.24. The maximum atomic E-state index is 12.9. The van der Waals surface area contributed by atoms with E-state index >= 15 is 0 Å². The number of aromatic nitrogens is 1. The number of nitrogens with zero attached hydrogens (tertiary/aromatic N) is 3. The highest BCUT2D eigenvalue weighted by Crippen LogP contribution is 2.33. The van der Waals surface area contributed by atoms with Crippen LogP contribution in [0.1, 0.15) is 27.3 Å². The van der Waals surface area contributed by atoms with Crippen LogP contribution in [0.25, 0.3) is 11.8 Å². The molecule has 0 saturated carbocycles. The average molecular weight is 469 g/mol. The molecule has 1 aromatic carbocycles. The fraction of sp³-hybridized carbons (Fsp3) is 0.304. The van der Waals surface area contributed by atoms with Crippen LogP contribution in [0.15, 0.2) is 35.2 Å². The molecule has 0 radical (unpaired) electrons. The molecule has 0 bridgehead atoms. The number of carbonyl (C=O) groups excluding carboxylic acids is 4. The molecule has 9 nitrogen and oxygen atoms in total. The van der Waals surface area contributed by atoms with Gasteiger partial charge in [0.05, 0.1) is 18.1 Å². The largest absolute Gasteiger partial charge is 0.378 e. The van der Waals surface area contributed by atoms with Crippen molar-refractivity contribution in [3.05, 3.63) is 57.8 Å². The van der Waals surface area contributed by atoms with Gasteiger partial charge in [-0.1, -0.05) is 0 Å². The third-order valence-corrected chi connectivity index (χ3v) is 6.61. The van der Waals surface area contributed by atoms with E-state index in [2.05, 4.69) is 0 Å². The Morgan fingerprint density at radius 1 is 1.12 bits per heavy atom. The zero-order chi connectivity index (χ0) is 23.7. The molecule has 33 heavy (non-hydrogen) atoms. The summed E-state index contributed by atoms with van der Waals surface area (Å²) in [5.74, 6) is -1.23. The van der Waals surface area contributed by atoms with Crippen LogP contribution in [0, 0.1) is 13.8 Å². The summed E-state index contributed by atoms with van der Waals surface area (Å²) in [5, 5.41) is -0.455. The number of amides is 4. The molecule has 4 amide bonds. The Bertz CT molecular complexity index is 1160. The first-order chi connectivity index (χ1) is 15.8. The van der Waals surface area contributed by atoms with Crippen LogP contribution in [-0.4, -0.2) is 70.2 Å². The number of thioether (sulfide) groups is 1. The molecule has 2 aliphatic heterocycles. The van der Waals surface area contributed by atoms with E-state index in [-0.39, 0.29) is 17.4 Å². The molecule has 1 aromatic heterocycles. The maximum absolute atomic E-state index is 12.9. The number of hydrogen-bond donors (Lipinski definition) is 1. The summed E-state index contributed by atoms with van der Waals surface area (Å²) in [6.45, 7) is 5.39. The van der Waals surface area contributed by atoms with Gasteiger partial charge in [0.2, 0.25) is 11.8 Å². The number of carbonyl (C=O) groups is 4. The lowest BCUT2D eigenvalue weighted by Gasteiger charge is -2.28. The van der Waals surface area contributed by atoms with Crippen molar-refractivity contribution in [2.45, 2.75) is 13.8 Å². The molecule has 0 aliphatic carbocycles. The van der Waals surface area contributed by atoms with E-state index in [1.165, 1.54) is 0 Å². The molecular formula is C23H24N4O5S. The smallest absolute Gasteiger partial charge is 0.294 e. The van der Waals surface area contributed by atoms with E-state index < -0.39 is 17.1 Å². The van der Waals surface area contributed by atoms with Crippen LogP contribution < -0.4 is 5.73 Å². The number of imide groups is 1. The van der Waals surface area contributed by atoms with E-state index in [0.717, 1.165) is 39.3 Å². The van der Waals surface area contributed by atoms with Crippen molar-refractivity contribution in [1.29, 1.82) is 0 Å². The van der Waals surface area contributed by atoms with E-state index in [9.17, 15) is 19.2 Å². The number of hydrogen-bond acceptors (Lipinski definition) is 6. The first-order valence-corrected chi connectivity index (χ1v) is 11.3. The highest BCUT2D eigenvalue weighted by molar-refractivity contribution is 8.18. The molecule has 10 heteroatoms. The lowest BCUT2D eigenvalue weighted by Crippen LogP contribution is -2.46. The van der Waals surface area contributed by atoms with Gasteiger partial charge in [-0.2, -0.15) is 0 Å². The van der Waals surface area contributed by atoms with E-state index in [1.54, 1.807) is 35.2 Å². The monoisotopic (exact) mass is 468 g/mol. The summed E-state index contributed by atoms with van der Waals surface area (Å²) in [5.41, 5.74) is 9.16. The van der Waals surface area contributed by atoms with Gasteiger partial charge < -0.3 is 19.9 Å². The molecule has 2 N–H and O–H groups in total. The number of morpholine rings is 1. The van der Waals surface area contributed by atoms with E-state index in [1.807, 2.05) is 24.5 Å². The minimum atomic E-state index is -0.494. The average Bonchev–Trinajstić information content (AvgIpc) is 3.23. The van der Waals surface area contributed by atoms with E-state index in [0.29, 0.717) is 31.9 Å². The Balaban J connectivity index is 1.55. The Hall–Kier alpha value is -3.37. The summed E-state index contributed by atoms with van der Waals surface area (Å²) < 4.78 is 7.23. The van der Waals surface area contributed by atoms with Crippen molar-refractivity contribution in [2.24, 2.45) is 5.73 Å². The maximum Gasteiger partial charge on any atom is 0.294 e. The molecule has 0 spiro atoms. The first-order valence-electron chi connectivity index (χ1n) is 10.5. The molecule has 2 saturated heterocycles. The molecule has 2 aliphatic rings. The molecule has 2 fully saturated rings. The summed E-state index contributed by atoms with van der Waals surface area (Å²) in [7, 11) is 0. The van der Waals surface area contributed by atoms with Crippen LogP contribution in [0.3, 0.4) is 0 Å². The SMILES string of the molecule is Cc1cc(/C=C2/SC(=O)N(CC(=O)N3CCOCC3)C2=O)c(C)n1-c1ccc(C(N)=O)cc1. The van der Waals surface area contributed by atoms with Gasteiger partial charge in [0.1, 0.15) is 6.54 Å². The predicted octanol–water partition coefficient (Wildman–Crippen LogP) is 2.09. The third kappa shape index (κ3) is 4.57. The van der Waals surface area contributed by atoms with Gasteiger partial charge in [-0.05, 0) is 67.6 Å². The lowest BCUT2D eigenvalue weighted by atomic mass is 10.2. The number of primary amides is 1. The number of benzene rings is 1. The van der Waals surface area contributed by atoms with Gasteiger partial charge in [0.25, 0.3) is 11.1 Å². The fourth-order valence-corrected chi connectivity index (χ4v) is 4.76. The second-order valence-electron chi connectivity index (χ2n) is 7.83. The third-order valence-electron chi connectivity index (χ3n) is 5.70. The Morgan fingerprint density at radius 3 is 2.42 bits per heavy atom. The molecule has 172 valence electrons. The van der Waals surface area contributed by atoms with Gasteiger partial charge in [-0.3, -0.25) is 24.1 Å². The van der Waals surface area contributed by atoms with Gasteiger partial charge in [-0.25, -0.2) is 0 Å². The fourth-order valence-electron chi connectivity index (χ4n) is 3.93. The van der Waals surface area contributed by atoms with Crippen LogP contribution in [-0.2, 0) is 14.3 Å². The molecule has 2 aromatic rings. The zero-order valence-corrected chi connectivity index (χ0v) is 19.2. The molecule has 0 unspecified atom stereocenters. The predicted molar refractivity (Wildman–Crippen MR) is 124 cm³/mol. The lowest BCUT2D eigenvalue weighted by molar-refractivity contribution is -0.139. The van der Waals surface area contributed by atoms with Gasteiger partial charge in [0, 0.05) is 35.7 Å². The molecule has 3 heterocycles. The van der Waals surface area contributed by atoms with Gasteiger partial charge in [-0.15, -0.1) is 0 Å². The number of aryl methyl sites for hydroxylation is 1. The first kappa shape index (κ1) is 22.8. The Labute approximate surface area is 195 Å². The van der Waals surface area contributed by atoms with Crippen molar-refractivity contribution in [2.75, 3.05) is 32.8 Å². The zero-order valence-electron chi connectivity index (χ0n) is 18.4. The van der Waals surface area contributed by atoms with Crippen LogP contribution in [0.5, 0.6) is 0 Å². The van der Waals surface area contributed by atoms with Crippen molar-refractivity contribution >= 4 is 40.8 Å². The molecule has 0 atom stereocenters. The summed E-state index contributed by atoms with van der Waals surface area (Å²) in [6, 6.07) is 8.84. The summed E-state index contributed by atoms with van der Waals surface area (Å²) in [4.78, 5) is 52.1. The summed E-state index contributed by atoms with van der Waals surface area (Å²) in [6.07, 6.45) is 1.68. The number of ether oxygens (including phenoxy) is 1. The van der Waals surface area contributed by atoms with E-state index in [4.69, 9.17) is 10.5 Å². The molecule has 4 rings (SSSR count). The Kier molecular flexibility index (Phi) is 6.39. The van der Waals surface area contributed by atoms with Crippen LogP contribution >= 0.6 is 11.8 Å². The van der Waals surface area contributed by atoms with Gasteiger partial charge >= 0.3 is 0 Å².